The molecule has 196 valence electrons. The Bertz CT molecular complexity index is 1280. The molecule has 11 nitrogen and oxygen atoms in total. The highest BCUT2D eigenvalue weighted by Gasteiger charge is 2.50. The third-order valence-electron chi connectivity index (χ3n) is 7.01. The smallest absolute Gasteiger partial charge is 0.359 e. The van der Waals surface area contributed by atoms with E-state index in [0.717, 1.165) is 0 Å². The molecule has 0 bridgehead atoms. The Morgan fingerprint density at radius 2 is 1.89 bits per heavy atom. The number of hydrogen-bond donors (Lipinski definition) is 4. The van der Waals surface area contributed by atoms with E-state index in [1.54, 1.807) is 33.9 Å². The molecule has 0 spiro atoms. The van der Waals surface area contributed by atoms with Crippen molar-refractivity contribution in [3.8, 4) is 0 Å². The summed E-state index contributed by atoms with van der Waals surface area (Å²) in [6.07, 6.45) is -2.70. The molecule has 1 fully saturated rings. The molecule has 3 heterocycles. The van der Waals surface area contributed by atoms with Gasteiger partial charge in [0, 0.05) is 30.7 Å². The molecule has 0 saturated carbocycles. The molecule has 1 aliphatic rings. The number of rotatable bonds is 8. The zero-order chi connectivity index (χ0) is 26.5. The largest absolute Gasteiger partial charge is 0.388 e. The number of nitrogens with one attached hydrogen (secondary N) is 1. The minimum Gasteiger partial charge on any atom is -0.388 e. The fourth-order valence-corrected chi connectivity index (χ4v) is 5.42. The fourth-order valence-electron chi connectivity index (χ4n) is 3.92. The van der Waals surface area contributed by atoms with Crippen molar-refractivity contribution >= 4 is 30.8 Å². The van der Waals surface area contributed by atoms with Gasteiger partial charge < -0.3 is 34.1 Å². The number of methoxy groups -OCH3 is 1. The summed E-state index contributed by atoms with van der Waals surface area (Å²) in [5.74, 6) is 0. The molecular weight excluding hydrogens is 497 g/mol. The Kier molecular flexibility index (Phi) is 7.82. The molecule has 3 rings (SSSR count). The predicted octanol–water partition coefficient (Wildman–Crippen LogP) is 2.83. The Balaban J connectivity index is 1.93. The summed E-state index contributed by atoms with van der Waals surface area (Å²) in [5, 5.41) is 20.8. The maximum atomic E-state index is 12.9. The van der Waals surface area contributed by atoms with E-state index in [0.29, 0.717) is 28.6 Å². The maximum Gasteiger partial charge on any atom is 0.359 e. The molecule has 6 unspecified atom stereocenters. The average molecular weight is 532 g/mol. The molecule has 35 heavy (non-hydrogen) atoms. The molecule has 1 aliphatic heterocycles. The van der Waals surface area contributed by atoms with Crippen molar-refractivity contribution in [3.05, 3.63) is 32.4 Å². The van der Waals surface area contributed by atoms with E-state index in [-0.39, 0.29) is 16.8 Å². The van der Waals surface area contributed by atoms with Crippen LogP contribution in [0.25, 0.3) is 11.0 Å². The maximum absolute atomic E-state index is 12.9. The van der Waals surface area contributed by atoms with Crippen LogP contribution in [0.1, 0.15) is 57.9 Å². The molecule has 2 aromatic heterocycles. The van der Waals surface area contributed by atoms with Crippen LogP contribution in [0.5, 0.6) is 0 Å². The highest BCUT2D eigenvalue weighted by molar-refractivity contribution is 7.71. The molecule has 0 amide bonds. The van der Waals surface area contributed by atoms with E-state index in [9.17, 15) is 24.5 Å². The van der Waals surface area contributed by atoms with Gasteiger partial charge >= 0.3 is 7.60 Å². The normalized spacial score (nSPS) is 26.6. The van der Waals surface area contributed by atoms with Gasteiger partial charge in [0.05, 0.1) is 11.7 Å². The van der Waals surface area contributed by atoms with Crippen molar-refractivity contribution in [2.45, 2.75) is 89.9 Å². The van der Waals surface area contributed by atoms with Crippen molar-refractivity contribution in [2.75, 3.05) is 7.11 Å². The highest BCUT2D eigenvalue weighted by Crippen LogP contribution is 2.59. The van der Waals surface area contributed by atoms with Gasteiger partial charge in [0.25, 0.3) is 5.56 Å². The number of hydrogen-bond acceptors (Lipinski definition) is 9. The van der Waals surface area contributed by atoms with E-state index in [1.165, 1.54) is 25.5 Å². The number of aliphatic hydroxyl groups excluding tert-OH is 2. The number of ether oxygens (including phenoxy) is 2. The summed E-state index contributed by atoms with van der Waals surface area (Å²) in [6.45, 7) is 9.81. The van der Waals surface area contributed by atoms with E-state index in [4.69, 9.17) is 26.2 Å². The van der Waals surface area contributed by atoms with Crippen LogP contribution in [0, 0.1) is 18.6 Å². The van der Waals surface area contributed by atoms with Crippen LogP contribution in [-0.4, -0.2) is 66.0 Å². The lowest BCUT2D eigenvalue weighted by Gasteiger charge is -2.37. The predicted molar refractivity (Wildman–Crippen MR) is 132 cm³/mol. The number of H-pyrrole nitrogens is 1. The van der Waals surface area contributed by atoms with Crippen LogP contribution < -0.4 is 5.56 Å². The third kappa shape index (κ3) is 5.17. The zero-order valence-corrected chi connectivity index (χ0v) is 22.6. The lowest BCUT2D eigenvalue weighted by Crippen LogP contribution is -2.40. The summed E-state index contributed by atoms with van der Waals surface area (Å²) < 4.78 is 31.2. The van der Waals surface area contributed by atoms with Crippen LogP contribution in [0.15, 0.2) is 11.0 Å². The second-order valence-electron chi connectivity index (χ2n) is 9.71. The quantitative estimate of drug-likeness (QED) is 0.295. The molecule has 1 saturated heterocycles. The molecule has 4 N–H and O–H groups in total. The molecular formula is C22H34N3O8PS. The lowest BCUT2D eigenvalue weighted by atomic mass is 9.93. The number of pyridine rings is 1. The molecule has 0 aliphatic carbocycles. The van der Waals surface area contributed by atoms with Crippen molar-refractivity contribution in [2.24, 2.45) is 0 Å². The summed E-state index contributed by atoms with van der Waals surface area (Å²) >= 11 is 5.37. The topological polar surface area (TPSA) is 156 Å². The standard InChI is InChI=1S/C22H34N3O8PS/c1-8-22(6,33-34(29,30)21(4,5)31-7)9-14-15(26)16(27)19(32-14)25-10-13-11(2)12(3)18(28)23-17(13)24-20(25)35/h10,14-16,19,26-27H,8-9H2,1-7H3,(H,29,30)(H,23,24,28,35). The number of aromatic nitrogens is 3. The van der Waals surface area contributed by atoms with E-state index in [1.807, 2.05) is 0 Å². The molecule has 13 heteroatoms. The van der Waals surface area contributed by atoms with Gasteiger partial charge in [-0.2, -0.15) is 0 Å². The number of aliphatic hydroxyl groups is 2. The van der Waals surface area contributed by atoms with Crippen LogP contribution in [0.2, 0.25) is 0 Å². The minimum absolute atomic E-state index is 0.0162. The van der Waals surface area contributed by atoms with Crippen molar-refractivity contribution in [1.82, 2.24) is 14.5 Å². The molecule has 2 aromatic rings. The fraction of sp³-hybridized carbons (Fsp3) is 0.682. The first-order chi connectivity index (χ1) is 16.1. The highest BCUT2D eigenvalue weighted by atomic mass is 32.1. The second-order valence-corrected chi connectivity index (χ2v) is 12.4. The Labute approximate surface area is 208 Å². The van der Waals surface area contributed by atoms with Gasteiger partial charge in [0.2, 0.25) is 4.77 Å². The van der Waals surface area contributed by atoms with E-state index >= 15 is 0 Å². The summed E-state index contributed by atoms with van der Waals surface area (Å²) in [4.78, 5) is 29.6. The molecule has 0 aromatic carbocycles. The van der Waals surface area contributed by atoms with Crippen LogP contribution in [-0.2, 0) is 18.6 Å². The van der Waals surface area contributed by atoms with Gasteiger partial charge in [-0.25, -0.2) is 4.98 Å². The second kappa shape index (κ2) is 9.75. The number of fused-ring (bicyclic) bond motifs is 1. The monoisotopic (exact) mass is 531 g/mol. The third-order valence-corrected chi connectivity index (χ3v) is 9.54. The SMILES string of the molecule is CCC(C)(CC1OC(n2cc3c(C)c(C)c(=O)[nH]c3nc2=S)C(O)C1O)OP(=O)(O)C(C)(C)OC. The first-order valence-corrected chi connectivity index (χ1v) is 13.3. The zero-order valence-electron chi connectivity index (χ0n) is 20.9. The van der Waals surface area contributed by atoms with Crippen LogP contribution in [0.4, 0.5) is 0 Å². The van der Waals surface area contributed by atoms with Gasteiger partial charge in [0.1, 0.15) is 17.9 Å². The molecule has 0 radical (unpaired) electrons. The van der Waals surface area contributed by atoms with Crippen molar-refractivity contribution < 1.29 is 33.7 Å². The number of aromatic amines is 1. The van der Waals surface area contributed by atoms with Crippen LogP contribution >= 0.6 is 19.8 Å². The Morgan fingerprint density at radius 1 is 1.26 bits per heavy atom. The minimum atomic E-state index is -4.23. The van der Waals surface area contributed by atoms with Gasteiger partial charge in [-0.15, -0.1) is 0 Å². The van der Waals surface area contributed by atoms with Gasteiger partial charge in [0.15, 0.2) is 11.6 Å². The summed E-state index contributed by atoms with van der Waals surface area (Å²) in [5.41, 5.74) is 0.110. The Hall–Kier alpha value is -1.50. The average Bonchev–Trinajstić information content (AvgIpc) is 3.04. The molecule has 6 atom stereocenters. The van der Waals surface area contributed by atoms with Crippen molar-refractivity contribution in [1.29, 1.82) is 0 Å². The lowest BCUT2D eigenvalue weighted by molar-refractivity contribution is -0.0712. The van der Waals surface area contributed by atoms with Gasteiger partial charge in [-0.05, 0) is 58.8 Å². The van der Waals surface area contributed by atoms with E-state index in [2.05, 4.69) is 9.97 Å². The van der Waals surface area contributed by atoms with Gasteiger partial charge in [-0.3, -0.25) is 13.9 Å². The van der Waals surface area contributed by atoms with Gasteiger partial charge in [-0.1, -0.05) is 6.92 Å². The van der Waals surface area contributed by atoms with Crippen LogP contribution in [0.3, 0.4) is 0 Å². The number of nitrogens with zero attached hydrogens (tertiary/aromatic N) is 2. The first kappa shape index (κ1) is 28.1. The first-order valence-electron chi connectivity index (χ1n) is 11.3. The summed E-state index contributed by atoms with van der Waals surface area (Å²) in [7, 11) is -2.91. The number of aryl methyl sites for hydroxylation is 1. The van der Waals surface area contributed by atoms with Crippen molar-refractivity contribution in [3.63, 3.8) is 0 Å². The Morgan fingerprint density at radius 3 is 2.46 bits per heavy atom. The van der Waals surface area contributed by atoms with E-state index < -0.39 is 43.1 Å². The summed E-state index contributed by atoms with van der Waals surface area (Å²) in [6, 6.07) is 0.